The van der Waals surface area contributed by atoms with E-state index in [1.54, 1.807) is 7.11 Å². The summed E-state index contributed by atoms with van der Waals surface area (Å²) in [5.41, 5.74) is 4.02. The topological polar surface area (TPSA) is 45.3 Å². The van der Waals surface area contributed by atoms with Crippen molar-refractivity contribution >= 4 is 16.8 Å². The number of hydrogen-bond donors (Lipinski definition) is 1. The second-order valence-corrected chi connectivity index (χ2v) is 7.48. The quantitative estimate of drug-likeness (QED) is 0.776. The van der Waals surface area contributed by atoms with Crippen molar-refractivity contribution in [2.75, 3.05) is 13.7 Å². The van der Waals surface area contributed by atoms with Gasteiger partial charge in [-0.05, 0) is 55.2 Å². The number of amides is 1. The number of ether oxygens (including phenoxy) is 1. The van der Waals surface area contributed by atoms with Crippen molar-refractivity contribution in [1.29, 1.82) is 0 Å². The third-order valence-corrected chi connectivity index (χ3v) is 5.51. The highest BCUT2D eigenvalue weighted by Gasteiger charge is 2.36. The summed E-state index contributed by atoms with van der Waals surface area (Å²) in [5.74, 6) is 0.962. The molecule has 1 N–H and O–H groups in total. The van der Waals surface area contributed by atoms with Crippen LogP contribution in [0.3, 0.4) is 0 Å². The number of rotatable bonds is 3. The zero-order chi connectivity index (χ0) is 18.3. The molecular weight excluding hydrogens is 324 g/mol. The Morgan fingerprint density at radius 1 is 1.15 bits per heavy atom. The van der Waals surface area contributed by atoms with Gasteiger partial charge in [-0.2, -0.15) is 0 Å². The second-order valence-electron chi connectivity index (χ2n) is 7.48. The largest absolute Gasteiger partial charge is 0.497 e. The van der Waals surface area contributed by atoms with E-state index in [4.69, 9.17) is 4.74 Å². The van der Waals surface area contributed by atoms with Crippen molar-refractivity contribution in [2.45, 2.75) is 32.2 Å². The van der Waals surface area contributed by atoms with Gasteiger partial charge in [0.1, 0.15) is 5.75 Å². The van der Waals surface area contributed by atoms with Crippen molar-refractivity contribution in [3.8, 4) is 5.75 Å². The summed E-state index contributed by atoms with van der Waals surface area (Å²) < 4.78 is 5.37. The molecule has 0 fully saturated rings. The van der Waals surface area contributed by atoms with Crippen LogP contribution in [0.25, 0.3) is 10.9 Å². The molecule has 2 heterocycles. The highest BCUT2D eigenvalue weighted by atomic mass is 16.5. The average molecular weight is 348 g/mol. The average Bonchev–Trinajstić information content (AvgIpc) is 3.10. The fraction of sp³-hybridized carbons (Fsp3) is 0.318. The van der Waals surface area contributed by atoms with Crippen LogP contribution >= 0.6 is 0 Å². The Bertz CT molecular complexity index is 971. The molecule has 134 valence electrons. The van der Waals surface area contributed by atoms with E-state index >= 15 is 0 Å². The van der Waals surface area contributed by atoms with Crippen LogP contribution in [-0.2, 0) is 23.2 Å². The molecule has 1 amide bonds. The van der Waals surface area contributed by atoms with E-state index in [1.807, 2.05) is 49.2 Å². The number of fused-ring (bicyclic) bond motifs is 2. The zero-order valence-corrected chi connectivity index (χ0v) is 15.5. The first-order chi connectivity index (χ1) is 12.5. The molecule has 1 aliphatic heterocycles. The third kappa shape index (κ3) is 2.66. The number of H-pyrrole nitrogens is 1. The fourth-order valence-corrected chi connectivity index (χ4v) is 3.92. The van der Waals surface area contributed by atoms with E-state index in [2.05, 4.69) is 23.2 Å². The lowest BCUT2D eigenvalue weighted by Gasteiger charge is -2.35. The summed E-state index contributed by atoms with van der Waals surface area (Å²) in [7, 11) is 1.66. The standard InChI is InChI=1S/C22H24N2O2/c1-22(2,19-13-23-20-9-8-17(26-3)12-18(19)20)21(25)24-11-10-15-6-4-5-7-16(15)14-24/h4-9,12-13,23H,10-11,14H2,1-3H3. The van der Waals surface area contributed by atoms with E-state index in [0.29, 0.717) is 6.54 Å². The fourth-order valence-electron chi connectivity index (χ4n) is 3.92. The van der Waals surface area contributed by atoms with Crippen LogP contribution < -0.4 is 4.74 Å². The van der Waals surface area contributed by atoms with E-state index in [9.17, 15) is 4.79 Å². The highest BCUT2D eigenvalue weighted by Crippen LogP contribution is 2.35. The molecule has 26 heavy (non-hydrogen) atoms. The van der Waals surface area contributed by atoms with Gasteiger partial charge in [0.2, 0.25) is 5.91 Å². The third-order valence-electron chi connectivity index (χ3n) is 5.51. The van der Waals surface area contributed by atoms with Crippen LogP contribution in [0, 0.1) is 0 Å². The SMILES string of the molecule is COc1ccc2[nH]cc(C(C)(C)C(=O)N3CCc4ccccc4C3)c2c1. The molecular formula is C22H24N2O2. The van der Waals surface area contributed by atoms with Crippen LogP contribution in [0.2, 0.25) is 0 Å². The highest BCUT2D eigenvalue weighted by molar-refractivity contribution is 5.95. The van der Waals surface area contributed by atoms with Gasteiger partial charge in [0.15, 0.2) is 0 Å². The van der Waals surface area contributed by atoms with Gasteiger partial charge in [0.05, 0.1) is 12.5 Å². The maximum Gasteiger partial charge on any atom is 0.233 e. The summed E-state index contributed by atoms with van der Waals surface area (Å²) >= 11 is 0. The summed E-state index contributed by atoms with van der Waals surface area (Å²) in [6.07, 6.45) is 2.87. The minimum atomic E-state index is -0.614. The molecule has 0 aliphatic carbocycles. The van der Waals surface area contributed by atoms with Gasteiger partial charge in [0, 0.05) is 30.2 Å². The minimum Gasteiger partial charge on any atom is -0.497 e. The van der Waals surface area contributed by atoms with Gasteiger partial charge in [-0.25, -0.2) is 0 Å². The number of aromatic amines is 1. The summed E-state index contributed by atoms with van der Waals surface area (Å²) in [4.78, 5) is 18.7. The molecule has 0 saturated heterocycles. The molecule has 0 atom stereocenters. The van der Waals surface area contributed by atoms with Gasteiger partial charge in [0.25, 0.3) is 0 Å². The van der Waals surface area contributed by atoms with Crippen molar-refractivity contribution in [1.82, 2.24) is 9.88 Å². The van der Waals surface area contributed by atoms with Gasteiger partial charge in [-0.1, -0.05) is 24.3 Å². The Morgan fingerprint density at radius 3 is 2.69 bits per heavy atom. The van der Waals surface area contributed by atoms with Gasteiger partial charge < -0.3 is 14.6 Å². The lowest BCUT2D eigenvalue weighted by molar-refractivity contribution is -0.137. The molecule has 4 rings (SSSR count). The van der Waals surface area contributed by atoms with Crippen LogP contribution in [0.15, 0.2) is 48.7 Å². The Hall–Kier alpha value is -2.75. The minimum absolute atomic E-state index is 0.163. The number of nitrogens with zero attached hydrogens (tertiary/aromatic N) is 1. The van der Waals surface area contributed by atoms with E-state index < -0.39 is 5.41 Å². The molecule has 2 aromatic carbocycles. The summed E-state index contributed by atoms with van der Waals surface area (Å²) in [5, 5.41) is 1.04. The van der Waals surface area contributed by atoms with Gasteiger partial charge in [-0.15, -0.1) is 0 Å². The van der Waals surface area contributed by atoms with Crippen LogP contribution in [-0.4, -0.2) is 29.4 Å². The number of aromatic nitrogens is 1. The first kappa shape index (κ1) is 16.7. The number of hydrogen-bond acceptors (Lipinski definition) is 2. The van der Waals surface area contributed by atoms with Crippen molar-refractivity contribution < 1.29 is 9.53 Å². The molecule has 0 spiro atoms. The maximum atomic E-state index is 13.4. The Balaban J connectivity index is 1.67. The van der Waals surface area contributed by atoms with Gasteiger partial charge in [-0.3, -0.25) is 4.79 Å². The Labute approximate surface area is 153 Å². The molecule has 3 aromatic rings. The second kappa shape index (κ2) is 6.20. The first-order valence-electron chi connectivity index (χ1n) is 9.02. The molecule has 0 unspecified atom stereocenters. The van der Waals surface area contributed by atoms with Crippen molar-refractivity contribution in [3.63, 3.8) is 0 Å². The van der Waals surface area contributed by atoms with E-state index in [1.165, 1.54) is 11.1 Å². The molecule has 1 aromatic heterocycles. The molecule has 0 radical (unpaired) electrons. The van der Waals surface area contributed by atoms with Crippen LogP contribution in [0.4, 0.5) is 0 Å². The monoisotopic (exact) mass is 348 g/mol. The van der Waals surface area contributed by atoms with E-state index in [-0.39, 0.29) is 5.91 Å². The van der Waals surface area contributed by atoms with Gasteiger partial charge >= 0.3 is 0 Å². The number of carbonyl (C=O) groups is 1. The smallest absolute Gasteiger partial charge is 0.233 e. The Morgan fingerprint density at radius 2 is 1.92 bits per heavy atom. The molecule has 1 aliphatic rings. The van der Waals surface area contributed by atoms with Crippen LogP contribution in [0.1, 0.15) is 30.5 Å². The first-order valence-corrected chi connectivity index (χ1v) is 9.02. The zero-order valence-electron chi connectivity index (χ0n) is 15.5. The number of benzene rings is 2. The molecule has 4 heteroatoms. The number of nitrogens with one attached hydrogen (secondary N) is 1. The molecule has 0 bridgehead atoms. The normalized spacial score (nSPS) is 14.3. The predicted molar refractivity (Wildman–Crippen MR) is 103 cm³/mol. The molecule has 0 saturated carbocycles. The maximum absolute atomic E-state index is 13.4. The predicted octanol–water partition coefficient (Wildman–Crippen LogP) is 4.04. The van der Waals surface area contributed by atoms with Crippen molar-refractivity contribution in [2.24, 2.45) is 0 Å². The van der Waals surface area contributed by atoms with Crippen molar-refractivity contribution in [3.05, 3.63) is 65.4 Å². The van der Waals surface area contributed by atoms with E-state index in [0.717, 1.165) is 35.2 Å². The lowest BCUT2D eigenvalue weighted by Crippen LogP contribution is -2.45. The lowest BCUT2D eigenvalue weighted by atomic mass is 9.82. The summed E-state index contributed by atoms with van der Waals surface area (Å²) in [6, 6.07) is 14.3. The molecule has 4 nitrogen and oxygen atoms in total. The number of methoxy groups -OCH3 is 1. The Kier molecular flexibility index (Phi) is 3.98. The number of carbonyl (C=O) groups excluding carboxylic acids is 1. The summed E-state index contributed by atoms with van der Waals surface area (Å²) in [6.45, 7) is 5.48. The van der Waals surface area contributed by atoms with Crippen LogP contribution in [0.5, 0.6) is 5.75 Å².